The van der Waals surface area contributed by atoms with Gasteiger partial charge in [-0.2, -0.15) is 0 Å². The number of hydrogen-bond donors (Lipinski definition) is 3. The van der Waals surface area contributed by atoms with Crippen LogP contribution in [0.3, 0.4) is 0 Å². The number of amides is 2. The van der Waals surface area contributed by atoms with E-state index in [0.717, 1.165) is 44.1 Å². The smallest absolute Gasteiger partial charge is 0.226 e. The maximum atomic E-state index is 14.8. The number of aromatic nitrogens is 1. The first-order valence-corrected chi connectivity index (χ1v) is 19.4. The predicted octanol–water partition coefficient (Wildman–Crippen LogP) is 7.77. The first-order valence-electron chi connectivity index (χ1n) is 19.4. The zero-order valence-corrected chi connectivity index (χ0v) is 32.7. The largest absolute Gasteiger partial charge is 0.496 e. The lowest BCUT2D eigenvalue weighted by molar-refractivity contribution is -0.238. The average molecular weight is 714 g/mol. The fraction of sp³-hybridized carbons (Fsp3) is 0.674. The number of allylic oxidation sites excluding steroid dienone is 2. The third-order valence-electron chi connectivity index (χ3n) is 16.1. The fourth-order valence-corrected chi connectivity index (χ4v) is 12.6. The number of nitrogens with one attached hydrogen (secondary N) is 2. The molecule has 1 heterocycles. The highest BCUT2D eigenvalue weighted by atomic mass is 16.5. The predicted molar refractivity (Wildman–Crippen MR) is 199 cm³/mol. The number of hydrogen-bond acceptors (Lipinski definition) is 7. The molecule has 9 atom stereocenters. The van der Waals surface area contributed by atoms with Gasteiger partial charge in [-0.05, 0) is 109 Å². The summed E-state index contributed by atoms with van der Waals surface area (Å²) in [5, 5.41) is 22.2. The van der Waals surface area contributed by atoms with Gasteiger partial charge in [0.1, 0.15) is 17.2 Å². The number of nitrogens with zero attached hydrogens (tertiary/aromatic N) is 1. The van der Waals surface area contributed by atoms with Crippen LogP contribution in [0.15, 0.2) is 46.5 Å². The van der Waals surface area contributed by atoms with E-state index < -0.39 is 16.6 Å². The van der Waals surface area contributed by atoms with Gasteiger partial charge in [0.2, 0.25) is 11.8 Å². The summed E-state index contributed by atoms with van der Waals surface area (Å²) in [7, 11) is 1.63. The number of rotatable bonds is 6. The molecule has 1 aromatic heterocycles. The van der Waals surface area contributed by atoms with Gasteiger partial charge in [0.15, 0.2) is 11.5 Å². The summed E-state index contributed by atoms with van der Waals surface area (Å²) in [6.45, 7) is 17.4. The lowest BCUT2D eigenvalue weighted by Gasteiger charge is -2.71. The van der Waals surface area contributed by atoms with E-state index in [1.54, 1.807) is 7.11 Å². The second-order valence-electron chi connectivity index (χ2n) is 19.1. The minimum atomic E-state index is -1.32. The molecule has 3 N–H and O–H groups in total. The highest BCUT2D eigenvalue weighted by Gasteiger charge is 2.72. The maximum absolute atomic E-state index is 14.8. The van der Waals surface area contributed by atoms with Crippen molar-refractivity contribution < 1.29 is 28.8 Å². The van der Waals surface area contributed by atoms with Gasteiger partial charge in [-0.1, -0.05) is 71.3 Å². The van der Waals surface area contributed by atoms with E-state index in [0.29, 0.717) is 36.5 Å². The van der Waals surface area contributed by atoms with Crippen LogP contribution >= 0.6 is 0 Å². The van der Waals surface area contributed by atoms with Crippen molar-refractivity contribution in [3.8, 4) is 17.0 Å². The van der Waals surface area contributed by atoms with Gasteiger partial charge in [-0.25, -0.2) is 0 Å². The highest BCUT2D eigenvalue weighted by molar-refractivity contribution is 5.96. The quantitative estimate of drug-likeness (QED) is 0.261. The molecule has 4 saturated carbocycles. The number of carbonyl (C=O) groups is 3. The van der Waals surface area contributed by atoms with Crippen LogP contribution in [0, 0.1) is 50.2 Å². The van der Waals surface area contributed by atoms with Gasteiger partial charge in [0.05, 0.1) is 13.7 Å². The molecule has 0 radical (unpaired) electrons. The van der Waals surface area contributed by atoms with Crippen molar-refractivity contribution in [2.75, 3.05) is 7.11 Å². The first kappa shape index (κ1) is 36.9. The normalized spacial score (nSPS) is 40.6. The number of para-hydroxylation sites is 1. The Bertz CT molecular complexity index is 1830. The topological polar surface area (TPSA) is 131 Å². The Morgan fingerprint density at radius 3 is 2.40 bits per heavy atom. The SMILES string of the molecule is COc1ccccc1-c1cc(CNC(=O)[C@@]2(C)CC[C@]3(C)CC[C@]4(C)C(=CC(=O)[C@@H]5[C@@]6(C)CC[C@@](O)(NC(C)=O)C(C)(C)C6CC[C@]54C)[C@H]3C2)on1. The van der Waals surface area contributed by atoms with Gasteiger partial charge in [-0.15, -0.1) is 0 Å². The lowest BCUT2D eigenvalue weighted by Crippen LogP contribution is -2.71. The minimum absolute atomic E-state index is 0.00741. The zero-order valence-electron chi connectivity index (χ0n) is 32.7. The summed E-state index contributed by atoms with van der Waals surface area (Å²) < 4.78 is 11.1. The van der Waals surface area contributed by atoms with Crippen LogP contribution in [-0.4, -0.2) is 40.7 Å². The van der Waals surface area contributed by atoms with Gasteiger partial charge in [-0.3, -0.25) is 14.4 Å². The molecular weight excluding hydrogens is 654 g/mol. The lowest BCUT2D eigenvalue weighted by atomic mass is 9.33. The van der Waals surface area contributed by atoms with Gasteiger partial charge >= 0.3 is 0 Å². The van der Waals surface area contributed by atoms with Crippen LogP contribution in [-0.2, 0) is 20.9 Å². The number of benzene rings is 1. The molecule has 9 heteroatoms. The molecule has 5 aliphatic rings. The monoisotopic (exact) mass is 713 g/mol. The maximum Gasteiger partial charge on any atom is 0.226 e. The third-order valence-corrected chi connectivity index (χ3v) is 16.1. The fourth-order valence-electron chi connectivity index (χ4n) is 12.6. The number of ether oxygens (including phenoxy) is 1. The van der Waals surface area contributed by atoms with Crippen molar-refractivity contribution in [2.45, 2.75) is 125 Å². The summed E-state index contributed by atoms with van der Waals surface area (Å²) in [6, 6.07) is 9.50. The second-order valence-corrected chi connectivity index (χ2v) is 19.1. The van der Waals surface area contributed by atoms with Gasteiger partial charge in [0, 0.05) is 35.3 Å². The van der Waals surface area contributed by atoms with Crippen LogP contribution in [0.2, 0.25) is 0 Å². The molecule has 0 saturated heterocycles. The molecule has 2 aromatic rings. The van der Waals surface area contributed by atoms with Crippen molar-refractivity contribution in [2.24, 2.45) is 50.2 Å². The second kappa shape index (κ2) is 12.0. The van der Waals surface area contributed by atoms with E-state index in [1.165, 1.54) is 12.5 Å². The molecule has 0 bridgehead atoms. The number of fused-ring (bicyclic) bond motifs is 7. The van der Waals surface area contributed by atoms with Gasteiger partial charge in [0.25, 0.3) is 0 Å². The number of aliphatic hydroxyl groups is 1. The molecule has 0 spiro atoms. The van der Waals surface area contributed by atoms with Crippen molar-refractivity contribution >= 4 is 17.6 Å². The Kier molecular flexibility index (Phi) is 8.53. The molecule has 4 fully saturated rings. The minimum Gasteiger partial charge on any atom is -0.496 e. The van der Waals surface area contributed by atoms with Crippen molar-refractivity contribution in [3.05, 3.63) is 47.7 Å². The molecule has 52 heavy (non-hydrogen) atoms. The average Bonchev–Trinajstić information content (AvgIpc) is 3.56. The Morgan fingerprint density at radius 1 is 0.981 bits per heavy atom. The van der Waals surface area contributed by atoms with Crippen LogP contribution in [0.1, 0.15) is 119 Å². The van der Waals surface area contributed by atoms with Crippen molar-refractivity contribution in [3.63, 3.8) is 0 Å². The Balaban J connectivity index is 1.14. The molecular formula is C43H59N3O6. The van der Waals surface area contributed by atoms with Crippen LogP contribution < -0.4 is 15.4 Å². The van der Waals surface area contributed by atoms with Crippen molar-refractivity contribution in [1.82, 2.24) is 15.8 Å². The van der Waals surface area contributed by atoms with Crippen LogP contribution in [0.5, 0.6) is 5.75 Å². The van der Waals surface area contributed by atoms with E-state index in [-0.39, 0.29) is 63.6 Å². The molecule has 1 unspecified atom stereocenters. The number of methoxy groups -OCH3 is 1. The summed E-state index contributed by atoms with van der Waals surface area (Å²) in [5.74, 6) is 1.28. The molecule has 0 aliphatic heterocycles. The summed E-state index contributed by atoms with van der Waals surface area (Å²) in [4.78, 5) is 41.1. The molecule has 2 amide bonds. The van der Waals surface area contributed by atoms with E-state index in [4.69, 9.17) is 9.26 Å². The third kappa shape index (κ3) is 5.18. The van der Waals surface area contributed by atoms with E-state index in [1.807, 2.05) is 36.4 Å². The standard InChI is InChI=1S/C43H59N3O6/c1-26(47)45-43(50)21-19-40(6)34(37(43,2)3)14-15-42(8)35(40)32(48)23-29-30-24-39(5,17-16-38(30,4)18-20-41(29,42)7)36(49)44-25-27-22-31(46-52-27)28-12-10-11-13-33(28)51-9/h10-13,22-23,30,34-35,50H,14-21,24-25H2,1-9H3,(H,44,49)(H,45,47)/t30-,34?,35-,38-,39+,40+,41-,42-,43+/m1/s1. The molecule has 7 rings (SSSR count). The van der Waals surface area contributed by atoms with Crippen molar-refractivity contribution in [1.29, 1.82) is 0 Å². The number of carbonyl (C=O) groups excluding carboxylic acids is 3. The Hall–Kier alpha value is -3.46. The molecule has 282 valence electrons. The van der Waals surface area contributed by atoms with E-state index in [9.17, 15) is 19.5 Å². The molecule has 5 aliphatic carbocycles. The van der Waals surface area contributed by atoms with Crippen LogP contribution in [0.25, 0.3) is 11.3 Å². The summed E-state index contributed by atoms with van der Waals surface area (Å²) in [6.07, 6.45) is 9.40. The van der Waals surface area contributed by atoms with E-state index in [2.05, 4.69) is 64.3 Å². The Labute approximate surface area is 309 Å². The van der Waals surface area contributed by atoms with Gasteiger partial charge < -0.3 is 25.0 Å². The number of ketones is 1. The molecule has 9 nitrogen and oxygen atoms in total. The molecule has 1 aromatic carbocycles. The first-order chi connectivity index (χ1) is 24.3. The van der Waals surface area contributed by atoms with Crippen LogP contribution in [0.4, 0.5) is 0 Å². The Morgan fingerprint density at radius 2 is 1.69 bits per heavy atom. The summed E-state index contributed by atoms with van der Waals surface area (Å²) in [5.41, 5.74) is -0.529. The zero-order chi connectivity index (χ0) is 37.7. The van der Waals surface area contributed by atoms with E-state index >= 15 is 0 Å². The highest BCUT2D eigenvalue weighted by Crippen LogP contribution is 2.75. The summed E-state index contributed by atoms with van der Waals surface area (Å²) >= 11 is 0.